The minimum absolute atomic E-state index is 0.181. The first kappa shape index (κ1) is 16.2. The third-order valence-corrected chi connectivity index (χ3v) is 4.83. The lowest BCUT2D eigenvalue weighted by Crippen LogP contribution is -2.10. The number of carbonyl (C=O) groups excluding carboxylic acids is 2. The van der Waals surface area contributed by atoms with E-state index in [9.17, 15) is 9.59 Å². The van der Waals surface area contributed by atoms with Gasteiger partial charge in [-0.1, -0.05) is 0 Å². The van der Waals surface area contributed by atoms with E-state index < -0.39 is 11.9 Å². The number of thioether (sulfide) groups is 1. The fourth-order valence-electron chi connectivity index (χ4n) is 1.73. The highest BCUT2D eigenvalue weighted by Crippen LogP contribution is 2.40. The third-order valence-electron chi connectivity index (χ3n) is 2.69. The van der Waals surface area contributed by atoms with Crippen LogP contribution in [-0.2, 0) is 4.74 Å². The van der Waals surface area contributed by atoms with Crippen LogP contribution >= 0.6 is 23.1 Å². The third kappa shape index (κ3) is 3.35. The SMILES string of the molecule is C#CSc1c(NC(=O)c2ccco2)sc(C(=O)OCC)c1C. The van der Waals surface area contributed by atoms with Crippen molar-refractivity contribution in [3.8, 4) is 11.7 Å². The van der Waals surface area contributed by atoms with E-state index in [1.54, 1.807) is 26.0 Å². The number of esters is 1. The van der Waals surface area contributed by atoms with Crippen LogP contribution in [0.2, 0.25) is 0 Å². The molecule has 0 bridgehead atoms. The minimum atomic E-state index is -0.428. The van der Waals surface area contributed by atoms with Gasteiger partial charge in [0, 0.05) is 0 Å². The zero-order valence-electron chi connectivity index (χ0n) is 12.0. The Morgan fingerprint density at radius 2 is 2.32 bits per heavy atom. The van der Waals surface area contributed by atoms with Gasteiger partial charge in [0.05, 0.1) is 17.8 Å². The first-order chi connectivity index (χ1) is 10.6. The van der Waals surface area contributed by atoms with E-state index in [4.69, 9.17) is 15.6 Å². The van der Waals surface area contributed by atoms with Crippen molar-refractivity contribution in [2.24, 2.45) is 0 Å². The predicted molar refractivity (Wildman–Crippen MR) is 86.4 cm³/mol. The molecule has 0 aromatic carbocycles. The van der Waals surface area contributed by atoms with Crippen molar-refractivity contribution in [2.45, 2.75) is 18.7 Å². The molecule has 0 spiro atoms. The van der Waals surface area contributed by atoms with Crippen molar-refractivity contribution in [1.29, 1.82) is 0 Å². The summed E-state index contributed by atoms with van der Waals surface area (Å²) in [5, 5.41) is 5.68. The van der Waals surface area contributed by atoms with Gasteiger partial charge in [-0.05, 0) is 48.6 Å². The van der Waals surface area contributed by atoms with Crippen LogP contribution in [0.5, 0.6) is 0 Å². The Labute approximate surface area is 136 Å². The Morgan fingerprint density at radius 1 is 1.55 bits per heavy atom. The first-order valence-electron chi connectivity index (χ1n) is 6.36. The van der Waals surface area contributed by atoms with Crippen molar-refractivity contribution in [2.75, 3.05) is 11.9 Å². The molecule has 0 saturated heterocycles. The number of furan rings is 1. The molecule has 5 nitrogen and oxygen atoms in total. The molecule has 2 rings (SSSR count). The van der Waals surface area contributed by atoms with E-state index in [0.29, 0.717) is 20.3 Å². The summed E-state index contributed by atoms with van der Waals surface area (Å²) < 4.78 is 10.1. The van der Waals surface area contributed by atoms with Crippen LogP contribution in [0.3, 0.4) is 0 Å². The molecule has 22 heavy (non-hydrogen) atoms. The normalized spacial score (nSPS) is 10.0. The van der Waals surface area contributed by atoms with Crippen LogP contribution in [0, 0.1) is 18.6 Å². The highest BCUT2D eigenvalue weighted by atomic mass is 32.2. The highest BCUT2D eigenvalue weighted by Gasteiger charge is 2.23. The maximum Gasteiger partial charge on any atom is 0.348 e. The molecule has 2 aromatic rings. The summed E-state index contributed by atoms with van der Waals surface area (Å²) in [6.07, 6.45) is 6.75. The Bertz CT molecular complexity index is 726. The summed E-state index contributed by atoms with van der Waals surface area (Å²) in [5.41, 5.74) is 0.696. The van der Waals surface area contributed by atoms with Gasteiger partial charge in [0.2, 0.25) is 0 Å². The van der Waals surface area contributed by atoms with Gasteiger partial charge in [-0.15, -0.1) is 17.8 Å². The molecular formula is C15H13NO4S2. The van der Waals surface area contributed by atoms with Crippen molar-refractivity contribution in [3.63, 3.8) is 0 Å². The summed E-state index contributed by atoms with van der Waals surface area (Å²) in [4.78, 5) is 25.1. The second-order valence-electron chi connectivity index (χ2n) is 4.09. The second kappa shape index (κ2) is 7.20. The average molecular weight is 335 g/mol. The molecule has 2 heterocycles. The van der Waals surface area contributed by atoms with Crippen LogP contribution in [0.25, 0.3) is 0 Å². The van der Waals surface area contributed by atoms with E-state index in [1.165, 1.54) is 6.26 Å². The number of carbonyl (C=O) groups is 2. The first-order valence-corrected chi connectivity index (χ1v) is 7.99. The van der Waals surface area contributed by atoms with Crippen LogP contribution in [-0.4, -0.2) is 18.5 Å². The molecule has 0 unspecified atom stereocenters. The lowest BCUT2D eigenvalue weighted by molar-refractivity contribution is 0.0531. The number of amides is 1. The monoisotopic (exact) mass is 335 g/mol. The summed E-state index contributed by atoms with van der Waals surface area (Å²) in [7, 11) is 0. The Hall–Kier alpha value is -2.17. The van der Waals surface area contributed by atoms with E-state index in [2.05, 4.69) is 10.6 Å². The fraction of sp³-hybridized carbons (Fsp3) is 0.200. The van der Waals surface area contributed by atoms with Gasteiger partial charge in [-0.25, -0.2) is 4.79 Å². The molecule has 0 aliphatic heterocycles. The van der Waals surface area contributed by atoms with Gasteiger partial charge in [-0.2, -0.15) is 0 Å². The minimum Gasteiger partial charge on any atom is -0.462 e. The van der Waals surface area contributed by atoms with Crippen molar-refractivity contribution in [1.82, 2.24) is 0 Å². The molecule has 0 saturated carbocycles. The van der Waals surface area contributed by atoms with E-state index in [1.807, 2.05) is 0 Å². The standard InChI is InChI=1S/C15H13NO4S2/c1-4-19-15(18)12-9(3)11(21-5-2)14(22-12)16-13(17)10-7-6-8-20-10/h2,6-8H,4H2,1,3H3,(H,16,17). The number of nitrogens with one attached hydrogen (secondary N) is 1. The van der Waals surface area contributed by atoms with Crippen molar-refractivity contribution >= 4 is 40.0 Å². The Morgan fingerprint density at radius 3 is 2.91 bits per heavy atom. The molecular weight excluding hydrogens is 322 g/mol. The zero-order chi connectivity index (χ0) is 16.1. The lowest BCUT2D eigenvalue weighted by Gasteiger charge is -2.02. The van der Waals surface area contributed by atoms with Crippen LogP contribution in [0.4, 0.5) is 5.00 Å². The van der Waals surface area contributed by atoms with Crippen molar-refractivity contribution in [3.05, 3.63) is 34.6 Å². The van der Waals surface area contributed by atoms with Gasteiger partial charge in [0.15, 0.2) is 5.76 Å². The largest absolute Gasteiger partial charge is 0.462 e. The lowest BCUT2D eigenvalue weighted by atomic mass is 10.3. The Kier molecular flexibility index (Phi) is 5.31. The molecule has 7 heteroatoms. The van der Waals surface area contributed by atoms with Crippen LogP contribution in [0.1, 0.15) is 32.7 Å². The van der Waals surface area contributed by atoms with Crippen LogP contribution < -0.4 is 5.32 Å². The molecule has 0 fully saturated rings. The maximum absolute atomic E-state index is 12.1. The molecule has 0 aliphatic rings. The summed E-state index contributed by atoms with van der Waals surface area (Å²) in [6.45, 7) is 3.78. The van der Waals surface area contributed by atoms with Gasteiger partial charge >= 0.3 is 5.97 Å². The van der Waals surface area contributed by atoms with Crippen LogP contribution in [0.15, 0.2) is 27.7 Å². The zero-order valence-corrected chi connectivity index (χ0v) is 13.6. The fourth-order valence-corrected chi connectivity index (χ4v) is 3.55. The maximum atomic E-state index is 12.1. The smallest absolute Gasteiger partial charge is 0.348 e. The topological polar surface area (TPSA) is 68.5 Å². The second-order valence-corrected chi connectivity index (χ2v) is 5.95. The van der Waals surface area contributed by atoms with Gasteiger partial charge in [-0.3, -0.25) is 4.79 Å². The summed E-state index contributed by atoms with van der Waals surface area (Å²) in [5.74, 6) is -0.650. The quantitative estimate of drug-likeness (QED) is 0.512. The summed E-state index contributed by atoms with van der Waals surface area (Å²) >= 11 is 2.24. The number of ether oxygens (including phenoxy) is 1. The van der Waals surface area contributed by atoms with Crippen molar-refractivity contribution < 1.29 is 18.7 Å². The van der Waals surface area contributed by atoms with E-state index in [0.717, 1.165) is 23.1 Å². The predicted octanol–water partition coefficient (Wildman–Crippen LogP) is 3.76. The summed E-state index contributed by atoms with van der Waals surface area (Å²) in [6, 6.07) is 3.17. The molecule has 1 amide bonds. The van der Waals surface area contributed by atoms with E-state index >= 15 is 0 Å². The van der Waals surface area contributed by atoms with Gasteiger partial charge < -0.3 is 14.5 Å². The number of hydrogen-bond acceptors (Lipinski definition) is 6. The van der Waals surface area contributed by atoms with Gasteiger partial charge in [0.25, 0.3) is 5.91 Å². The number of rotatable bonds is 5. The van der Waals surface area contributed by atoms with E-state index in [-0.39, 0.29) is 12.4 Å². The molecule has 2 aromatic heterocycles. The number of terminal acetylenes is 1. The molecule has 0 aliphatic carbocycles. The Balaban J connectivity index is 2.33. The number of thiophene rings is 1. The molecule has 0 radical (unpaired) electrons. The molecule has 1 N–H and O–H groups in total. The van der Waals surface area contributed by atoms with Gasteiger partial charge in [0.1, 0.15) is 9.88 Å². The number of hydrogen-bond donors (Lipinski definition) is 1. The number of anilines is 1. The molecule has 114 valence electrons. The average Bonchev–Trinajstić information content (AvgIpc) is 3.11. The highest BCUT2D eigenvalue weighted by molar-refractivity contribution is 8.04. The molecule has 0 atom stereocenters.